The van der Waals surface area contributed by atoms with E-state index in [0.29, 0.717) is 5.82 Å². The molecule has 0 radical (unpaired) electrons. The van der Waals surface area contributed by atoms with Crippen LogP contribution in [0.5, 0.6) is 0 Å². The molecule has 0 aliphatic rings. The Hall–Kier alpha value is -1.52. The highest BCUT2D eigenvalue weighted by molar-refractivity contribution is 5.86. The fourth-order valence-corrected chi connectivity index (χ4v) is 1.15. The summed E-state index contributed by atoms with van der Waals surface area (Å²) >= 11 is 0. The van der Waals surface area contributed by atoms with E-state index in [9.17, 15) is 4.79 Å². The molecule has 0 spiro atoms. The number of hydrogen-bond donors (Lipinski definition) is 2. The van der Waals surface area contributed by atoms with E-state index in [1.54, 1.807) is 11.7 Å². The first-order valence-corrected chi connectivity index (χ1v) is 4.23. The number of aryl methyl sites for hydroxylation is 2. The highest BCUT2D eigenvalue weighted by Gasteiger charge is 2.04. The van der Waals surface area contributed by atoms with Crippen LogP contribution in [0, 0.1) is 0 Å². The van der Waals surface area contributed by atoms with Crippen LogP contribution in [0.15, 0.2) is 6.07 Å². The van der Waals surface area contributed by atoms with Crippen LogP contribution < -0.4 is 11.1 Å². The summed E-state index contributed by atoms with van der Waals surface area (Å²) in [4.78, 5) is 10.6. The zero-order valence-corrected chi connectivity index (χ0v) is 7.87. The Morgan fingerprint density at radius 2 is 2.46 bits per heavy atom. The number of anilines is 1. The first-order valence-electron chi connectivity index (χ1n) is 4.23. The van der Waals surface area contributed by atoms with E-state index in [-0.39, 0.29) is 0 Å². The first-order chi connectivity index (χ1) is 6.13. The average molecular weight is 182 g/mol. The molecule has 0 aromatic carbocycles. The average Bonchev–Trinajstić information content (AvgIpc) is 2.31. The van der Waals surface area contributed by atoms with Crippen LogP contribution in [0.4, 0.5) is 10.6 Å². The predicted octanol–water partition coefficient (Wildman–Crippen LogP) is 0.863. The third kappa shape index (κ3) is 2.47. The molecule has 0 unspecified atom stereocenters. The summed E-state index contributed by atoms with van der Waals surface area (Å²) in [7, 11) is 1.77. The van der Waals surface area contributed by atoms with Gasteiger partial charge in [0.05, 0.1) is 5.69 Å². The number of nitrogens with zero attached hydrogens (tertiary/aromatic N) is 2. The molecule has 0 bridgehead atoms. The maximum absolute atomic E-state index is 10.6. The minimum Gasteiger partial charge on any atom is -0.351 e. The van der Waals surface area contributed by atoms with Crippen LogP contribution in [-0.2, 0) is 13.5 Å². The SMILES string of the molecule is CCCc1cc(NC(N)=O)n(C)n1. The van der Waals surface area contributed by atoms with Gasteiger partial charge in [0.1, 0.15) is 5.82 Å². The lowest BCUT2D eigenvalue weighted by atomic mass is 10.2. The van der Waals surface area contributed by atoms with Crippen LogP contribution in [-0.4, -0.2) is 15.8 Å². The number of amides is 2. The van der Waals surface area contributed by atoms with Crippen molar-refractivity contribution in [2.24, 2.45) is 12.8 Å². The molecule has 1 aromatic heterocycles. The summed E-state index contributed by atoms with van der Waals surface area (Å²) in [6, 6.07) is 1.26. The standard InChI is InChI=1S/C8H14N4O/c1-3-4-6-5-7(10-8(9)13)12(2)11-6/h5H,3-4H2,1-2H3,(H3,9,10,13). The minimum absolute atomic E-state index is 0.564. The molecule has 5 heteroatoms. The third-order valence-corrected chi connectivity index (χ3v) is 1.69. The number of carbonyl (C=O) groups excluding carboxylic acids is 1. The van der Waals surface area contributed by atoms with Gasteiger partial charge in [0.2, 0.25) is 0 Å². The van der Waals surface area contributed by atoms with Gasteiger partial charge in [0.15, 0.2) is 0 Å². The van der Waals surface area contributed by atoms with E-state index in [2.05, 4.69) is 17.3 Å². The summed E-state index contributed by atoms with van der Waals surface area (Å²) < 4.78 is 1.61. The topological polar surface area (TPSA) is 72.9 Å². The molecule has 0 aliphatic carbocycles. The molecule has 0 fully saturated rings. The van der Waals surface area contributed by atoms with Crippen molar-refractivity contribution in [1.29, 1.82) is 0 Å². The monoisotopic (exact) mass is 182 g/mol. The zero-order chi connectivity index (χ0) is 9.84. The van der Waals surface area contributed by atoms with Gasteiger partial charge in [-0.15, -0.1) is 0 Å². The second-order valence-electron chi connectivity index (χ2n) is 2.88. The number of nitrogens with two attached hydrogens (primary N) is 1. The van der Waals surface area contributed by atoms with Crippen LogP contribution in [0.2, 0.25) is 0 Å². The lowest BCUT2D eigenvalue weighted by molar-refractivity contribution is 0.259. The molecule has 72 valence electrons. The van der Waals surface area contributed by atoms with Crippen molar-refractivity contribution in [2.75, 3.05) is 5.32 Å². The molecule has 0 aliphatic heterocycles. The number of hydrogen-bond acceptors (Lipinski definition) is 2. The smallest absolute Gasteiger partial charge is 0.317 e. The fraction of sp³-hybridized carbons (Fsp3) is 0.500. The number of rotatable bonds is 3. The molecule has 0 saturated carbocycles. The maximum atomic E-state index is 10.6. The quantitative estimate of drug-likeness (QED) is 0.727. The molecular formula is C8H14N4O. The van der Waals surface area contributed by atoms with Gasteiger partial charge < -0.3 is 5.73 Å². The largest absolute Gasteiger partial charge is 0.351 e. The van der Waals surface area contributed by atoms with Gasteiger partial charge in [-0.1, -0.05) is 13.3 Å². The van der Waals surface area contributed by atoms with Crippen molar-refractivity contribution in [3.8, 4) is 0 Å². The van der Waals surface area contributed by atoms with E-state index in [1.165, 1.54) is 0 Å². The lowest BCUT2D eigenvalue weighted by Crippen LogP contribution is -2.20. The molecule has 1 aromatic rings. The highest BCUT2D eigenvalue weighted by Crippen LogP contribution is 2.09. The number of urea groups is 1. The van der Waals surface area contributed by atoms with E-state index in [4.69, 9.17) is 5.73 Å². The van der Waals surface area contributed by atoms with Gasteiger partial charge in [0.25, 0.3) is 0 Å². The van der Waals surface area contributed by atoms with Gasteiger partial charge in [-0.25, -0.2) is 4.79 Å². The first kappa shape index (κ1) is 9.57. The molecule has 5 nitrogen and oxygen atoms in total. The number of primary amides is 1. The second-order valence-corrected chi connectivity index (χ2v) is 2.88. The Morgan fingerprint density at radius 1 is 1.77 bits per heavy atom. The molecule has 0 saturated heterocycles. The Balaban J connectivity index is 2.77. The summed E-state index contributed by atoms with van der Waals surface area (Å²) in [6.45, 7) is 2.08. The molecule has 1 heterocycles. The van der Waals surface area contributed by atoms with Crippen LogP contribution in [0.25, 0.3) is 0 Å². The van der Waals surface area contributed by atoms with Gasteiger partial charge in [-0.3, -0.25) is 10.00 Å². The van der Waals surface area contributed by atoms with Gasteiger partial charge in [-0.2, -0.15) is 5.10 Å². The predicted molar refractivity (Wildman–Crippen MR) is 50.4 cm³/mol. The van der Waals surface area contributed by atoms with Gasteiger partial charge >= 0.3 is 6.03 Å². The van der Waals surface area contributed by atoms with Crippen molar-refractivity contribution < 1.29 is 4.79 Å². The van der Waals surface area contributed by atoms with Crippen molar-refractivity contribution in [2.45, 2.75) is 19.8 Å². The minimum atomic E-state index is -0.564. The van der Waals surface area contributed by atoms with Crippen molar-refractivity contribution in [3.63, 3.8) is 0 Å². The van der Waals surface area contributed by atoms with E-state index in [1.807, 2.05) is 6.07 Å². The Morgan fingerprint density at radius 3 is 3.00 bits per heavy atom. The van der Waals surface area contributed by atoms with Crippen molar-refractivity contribution >= 4 is 11.8 Å². The van der Waals surface area contributed by atoms with Gasteiger partial charge in [0, 0.05) is 13.1 Å². The normalized spacial score (nSPS) is 10.0. The Bertz CT molecular complexity index is 305. The Kier molecular flexibility index (Phi) is 2.89. The third-order valence-electron chi connectivity index (χ3n) is 1.69. The summed E-state index contributed by atoms with van der Waals surface area (Å²) in [6.07, 6.45) is 1.95. The van der Waals surface area contributed by atoms with E-state index < -0.39 is 6.03 Å². The highest BCUT2D eigenvalue weighted by atomic mass is 16.2. The summed E-state index contributed by atoms with van der Waals surface area (Å²) in [5.74, 6) is 0.635. The molecule has 13 heavy (non-hydrogen) atoms. The number of aromatic nitrogens is 2. The van der Waals surface area contributed by atoms with E-state index in [0.717, 1.165) is 18.5 Å². The lowest BCUT2D eigenvalue weighted by Gasteiger charge is -1.99. The van der Waals surface area contributed by atoms with Crippen LogP contribution in [0.1, 0.15) is 19.0 Å². The zero-order valence-electron chi connectivity index (χ0n) is 7.87. The maximum Gasteiger partial charge on any atom is 0.317 e. The summed E-state index contributed by atoms with van der Waals surface area (Å²) in [5, 5.41) is 6.69. The molecule has 3 N–H and O–H groups in total. The molecule has 2 amide bonds. The number of carbonyl (C=O) groups is 1. The second kappa shape index (κ2) is 3.93. The van der Waals surface area contributed by atoms with Gasteiger partial charge in [-0.05, 0) is 6.42 Å². The Labute approximate surface area is 76.9 Å². The van der Waals surface area contributed by atoms with E-state index >= 15 is 0 Å². The number of nitrogens with one attached hydrogen (secondary N) is 1. The van der Waals surface area contributed by atoms with Crippen molar-refractivity contribution in [1.82, 2.24) is 9.78 Å². The summed E-state index contributed by atoms with van der Waals surface area (Å²) in [5.41, 5.74) is 5.95. The van der Waals surface area contributed by atoms with Crippen molar-refractivity contribution in [3.05, 3.63) is 11.8 Å². The molecule has 0 atom stereocenters. The van der Waals surface area contributed by atoms with Crippen LogP contribution in [0.3, 0.4) is 0 Å². The fourth-order valence-electron chi connectivity index (χ4n) is 1.15. The molecular weight excluding hydrogens is 168 g/mol. The molecule has 1 rings (SSSR count). The van der Waals surface area contributed by atoms with Crippen LogP contribution >= 0.6 is 0 Å².